The molecule has 0 aliphatic carbocycles. The van der Waals surface area contributed by atoms with E-state index >= 15 is 0 Å². The Balaban J connectivity index is 1.99. The Bertz CT molecular complexity index is 822. The van der Waals surface area contributed by atoms with Crippen molar-refractivity contribution in [3.63, 3.8) is 0 Å². The van der Waals surface area contributed by atoms with Crippen LogP contribution in [0.2, 0.25) is 0 Å². The summed E-state index contributed by atoms with van der Waals surface area (Å²) < 4.78 is 26.1. The van der Waals surface area contributed by atoms with E-state index in [4.69, 9.17) is 0 Å². The van der Waals surface area contributed by atoms with Gasteiger partial charge in [0, 0.05) is 31.4 Å². The first-order valence-electron chi connectivity index (χ1n) is 8.49. The summed E-state index contributed by atoms with van der Waals surface area (Å²) in [6.45, 7) is 3.82. The van der Waals surface area contributed by atoms with Gasteiger partial charge < -0.3 is 10.6 Å². The first-order valence-corrected chi connectivity index (χ1v) is 9.98. The van der Waals surface area contributed by atoms with Gasteiger partial charge in [-0.1, -0.05) is 18.2 Å². The largest absolute Gasteiger partial charge is 0.357 e. The van der Waals surface area contributed by atoms with Crippen LogP contribution in [0.3, 0.4) is 0 Å². The molecule has 1 aromatic heterocycles. The zero-order chi connectivity index (χ0) is 18.8. The molecule has 140 valence electrons. The molecule has 3 N–H and O–H groups in total. The molecule has 7 nitrogen and oxygen atoms in total. The van der Waals surface area contributed by atoms with Crippen molar-refractivity contribution in [2.75, 3.05) is 20.1 Å². The first-order chi connectivity index (χ1) is 12.5. The number of nitrogens with zero attached hydrogens (tertiary/aromatic N) is 2. The molecule has 1 aromatic carbocycles. The lowest BCUT2D eigenvalue weighted by Gasteiger charge is -2.11. The molecule has 8 heteroatoms. The number of sulfonamides is 1. The number of benzene rings is 1. The quantitative estimate of drug-likeness (QED) is 0.477. The lowest BCUT2D eigenvalue weighted by atomic mass is 10.2. The second kappa shape index (κ2) is 9.88. The van der Waals surface area contributed by atoms with Gasteiger partial charge in [-0.05, 0) is 43.8 Å². The van der Waals surface area contributed by atoms with Crippen molar-refractivity contribution in [1.29, 1.82) is 0 Å². The van der Waals surface area contributed by atoms with Crippen LogP contribution in [0.25, 0.3) is 0 Å². The molecule has 2 rings (SSSR count). The molecule has 26 heavy (non-hydrogen) atoms. The minimum Gasteiger partial charge on any atom is -0.357 e. The smallest absolute Gasteiger partial charge is 0.240 e. The topological polar surface area (TPSA) is 95.5 Å². The monoisotopic (exact) mass is 375 g/mol. The molecule has 0 radical (unpaired) electrons. The maximum absolute atomic E-state index is 11.9. The Labute approximate surface area is 155 Å². The lowest BCUT2D eigenvalue weighted by Crippen LogP contribution is -2.38. The van der Waals surface area contributed by atoms with Crippen LogP contribution in [0.4, 0.5) is 0 Å². The summed E-state index contributed by atoms with van der Waals surface area (Å²) in [5.74, 6) is 0.685. The van der Waals surface area contributed by atoms with Crippen molar-refractivity contribution >= 4 is 16.0 Å². The van der Waals surface area contributed by atoms with Gasteiger partial charge in [0.2, 0.25) is 10.0 Å². The third-order valence-corrected chi connectivity index (χ3v) is 5.05. The van der Waals surface area contributed by atoms with Crippen molar-refractivity contribution in [1.82, 2.24) is 20.3 Å². The molecule has 0 bridgehead atoms. The third kappa shape index (κ3) is 6.12. The van der Waals surface area contributed by atoms with Crippen LogP contribution in [0, 0.1) is 0 Å². The zero-order valence-electron chi connectivity index (χ0n) is 15.1. The predicted octanol–water partition coefficient (Wildman–Crippen LogP) is 1.29. The molecule has 0 saturated carbocycles. The second-order valence-electron chi connectivity index (χ2n) is 5.55. The Morgan fingerprint density at radius 2 is 2.00 bits per heavy atom. The molecule has 0 unspecified atom stereocenters. The van der Waals surface area contributed by atoms with Crippen molar-refractivity contribution in [3.05, 3.63) is 59.9 Å². The van der Waals surface area contributed by atoms with Gasteiger partial charge >= 0.3 is 0 Å². The van der Waals surface area contributed by atoms with Crippen LogP contribution < -0.4 is 15.4 Å². The Hall–Kier alpha value is -2.45. The molecule has 0 spiro atoms. The van der Waals surface area contributed by atoms with Crippen molar-refractivity contribution < 1.29 is 8.42 Å². The number of pyridine rings is 1. The van der Waals surface area contributed by atoms with Crippen molar-refractivity contribution in [2.24, 2.45) is 4.99 Å². The number of guanidine groups is 1. The van der Waals surface area contributed by atoms with E-state index in [1.54, 1.807) is 24.4 Å². The van der Waals surface area contributed by atoms with Crippen LogP contribution in [0.5, 0.6) is 0 Å². The van der Waals surface area contributed by atoms with E-state index in [-0.39, 0.29) is 4.90 Å². The van der Waals surface area contributed by atoms with E-state index in [1.165, 1.54) is 7.05 Å². The summed E-state index contributed by atoms with van der Waals surface area (Å²) in [5, 5.41) is 6.45. The molecule has 0 fully saturated rings. The van der Waals surface area contributed by atoms with E-state index in [0.29, 0.717) is 19.0 Å². The Morgan fingerprint density at radius 1 is 1.15 bits per heavy atom. The number of aromatic nitrogens is 1. The highest BCUT2D eigenvalue weighted by molar-refractivity contribution is 7.89. The van der Waals surface area contributed by atoms with Crippen molar-refractivity contribution in [2.45, 2.75) is 24.8 Å². The number of hydrogen-bond donors (Lipinski definition) is 3. The van der Waals surface area contributed by atoms with E-state index in [9.17, 15) is 8.42 Å². The normalized spacial score (nSPS) is 12.0. The molecule has 0 atom stereocenters. The average molecular weight is 375 g/mol. The molecular weight excluding hydrogens is 350 g/mol. The summed E-state index contributed by atoms with van der Waals surface area (Å²) in [6.07, 6.45) is 2.57. The maximum Gasteiger partial charge on any atom is 0.240 e. The first kappa shape index (κ1) is 19.9. The van der Waals surface area contributed by atoms with Gasteiger partial charge in [-0.15, -0.1) is 0 Å². The van der Waals surface area contributed by atoms with Crippen LogP contribution in [-0.4, -0.2) is 39.5 Å². The van der Waals surface area contributed by atoms with Crippen LogP contribution in [0.15, 0.2) is 58.5 Å². The van der Waals surface area contributed by atoms with E-state index in [1.807, 2.05) is 31.2 Å². The Kier molecular flexibility index (Phi) is 7.55. The number of hydrogen-bond acceptors (Lipinski definition) is 4. The average Bonchev–Trinajstić information content (AvgIpc) is 2.67. The standard InChI is InChI=1S/C18H25N5O2S/c1-3-20-18(22-12-10-16-8-4-5-11-21-16)23-14-15-7-6-9-17(13-15)26(24,25)19-2/h4-9,11,13,19H,3,10,12,14H2,1-2H3,(H2,20,22,23). The maximum atomic E-state index is 11.9. The van der Waals surface area contributed by atoms with Gasteiger partial charge in [0.05, 0.1) is 11.4 Å². The van der Waals surface area contributed by atoms with E-state index < -0.39 is 10.0 Å². The fourth-order valence-electron chi connectivity index (χ4n) is 2.30. The summed E-state index contributed by atoms with van der Waals surface area (Å²) in [4.78, 5) is 9.05. The highest BCUT2D eigenvalue weighted by Crippen LogP contribution is 2.11. The lowest BCUT2D eigenvalue weighted by molar-refractivity contribution is 0.588. The second-order valence-corrected chi connectivity index (χ2v) is 7.43. The van der Waals surface area contributed by atoms with Gasteiger partial charge in [-0.25, -0.2) is 18.1 Å². The van der Waals surface area contributed by atoms with Gasteiger partial charge in [0.1, 0.15) is 0 Å². The van der Waals surface area contributed by atoms with Gasteiger partial charge in [0.25, 0.3) is 0 Å². The van der Waals surface area contributed by atoms with E-state index in [0.717, 1.165) is 24.2 Å². The molecular formula is C18H25N5O2S. The fourth-order valence-corrected chi connectivity index (χ4v) is 3.10. The molecule has 0 saturated heterocycles. The highest BCUT2D eigenvalue weighted by atomic mass is 32.2. The summed E-state index contributed by atoms with van der Waals surface area (Å²) in [5.41, 5.74) is 1.84. The van der Waals surface area contributed by atoms with Gasteiger partial charge in [0.15, 0.2) is 5.96 Å². The van der Waals surface area contributed by atoms with Crippen molar-refractivity contribution in [3.8, 4) is 0 Å². The van der Waals surface area contributed by atoms with E-state index in [2.05, 4.69) is 25.3 Å². The molecule has 0 aliphatic rings. The zero-order valence-corrected chi connectivity index (χ0v) is 15.9. The molecule has 1 heterocycles. The molecule has 2 aromatic rings. The molecule has 0 amide bonds. The Morgan fingerprint density at radius 3 is 2.69 bits per heavy atom. The van der Waals surface area contributed by atoms with Gasteiger partial charge in [-0.2, -0.15) is 0 Å². The number of nitrogens with one attached hydrogen (secondary N) is 3. The summed E-state index contributed by atoms with van der Waals surface area (Å²) in [7, 11) is -2.05. The summed E-state index contributed by atoms with van der Waals surface area (Å²) in [6, 6.07) is 12.6. The third-order valence-electron chi connectivity index (χ3n) is 3.64. The van der Waals surface area contributed by atoms with Crippen LogP contribution >= 0.6 is 0 Å². The number of rotatable bonds is 8. The van der Waals surface area contributed by atoms with Crippen LogP contribution in [0.1, 0.15) is 18.2 Å². The highest BCUT2D eigenvalue weighted by Gasteiger charge is 2.11. The summed E-state index contributed by atoms with van der Waals surface area (Å²) >= 11 is 0. The van der Waals surface area contributed by atoms with Crippen LogP contribution in [-0.2, 0) is 23.0 Å². The minimum atomic E-state index is -3.45. The number of aliphatic imine (C=N–C) groups is 1. The SMILES string of the molecule is CCNC(=NCc1cccc(S(=O)(=O)NC)c1)NCCc1ccccn1. The van der Waals surface area contributed by atoms with Gasteiger partial charge in [-0.3, -0.25) is 4.98 Å². The fraction of sp³-hybridized carbons (Fsp3) is 0.333. The minimum absolute atomic E-state index is 0.237. The predicted molar refractivity (Wildman–Crippen MR) is 103 cm³/mol. The molecule has 0 aliphatic heterocycles.